The number of fused-ring (bicyclic) bond motifs is 1. The summed E-state index contributed by atoms with van der Waals surface area (Å²) in [6.07, 6.45) is 14.8. The summed E-state index contributed by atoms with van der Waals surface area (Å²) in [5.41, 5.74) is 0.785. The molecule has 0 amide bonds. The first-order chi connectivity index (χ1) is 13.8. The molecule has 4 nitrogen and oxygen atoms in total. The second kappa shape index (κ2) is 8.17. The van der Waals surface area contributed by atoms with Gasteiger partial charge in [-0.25, -0.2) is 0 Å². The Labute approximate surface area is 176 Å². The molecule has 0 aliphatic heterocycles. The molecule has 0 spiro atoms. The second-order valence-electron chi connectivity index (χ2n) is 11.1. The number of ketones is 1. The molecule has 1 aromatic heterocycles. The number of Topliss-reactive ketones (excluding diaryl/α,β-unsaturated/α-hetero) is 1. The van der Waals surface area contributed by atoms with E-state index in [9.17, 15) is 9.90 Å². The van der Waals surface area contributed by atoms with Gasteiger partial charge in [-0.05, 0) is 88.0 Å². The Morgan fingerprint density at radius 1 is 1.21 bits per heavy atom. The van der Waals surface area contributed by atoms with Crippen LogP contribution in [0.1, 0.15) is 90.2 Å². The molecule has 6 atom stereocenters. The van der Waals surface area contributed by atoms with Crippen LogP contribution in [0.3, 0.4) is 0 Å². The minimum atomic E-state index is -0.442. The monoisotopic (exact) mass is 400 g/mol. The highest BCUT2D eigenvalue weighted by Gasteiger charge is 2.45. The van der Waals surface area contributed by atoms with Crippen LogP contribution in [-0.4, -0.2) is 26.3 Å². The lowest BCUT2D eigenvalue weighted by Crippen LogP contribution is -2.41. The summed E-state index contributed by atoms with van der Waals surface area (Å²) in [4.78, 5) is 13.1. The van der Waals surface area contributed by atoms with Crippen LogP contribution < -0.4 is 0 Å². The summed E-state index contributed by atoms with van der Waals surface area (Å²) < 4.78 is 1.86. The average Bonchev–Trinajstić information content (AvgIpc) is 3.25. The first-order valence-corrected chi connectivity index (χ1v) is 12.0. The summed E-state index contributed by atoms with van der Waals surface area (Å²) in [5.74, 6) is 2.89. The molecule has 1 aromatic rings. The first-order valence-electron chi connectivity index (χ1n) is 12.0. The van der Waals surface area contributed by atoms with Crippen LogP contribution in [0.2, 0.25) is 0 Å². The molecule has 0 aromatic carbocycles. The van der Waals surface area contributed by atoms with Crippen molar-refractivity contribution in [3.8, 4) is 0 Å². The van der Waals surface area contributed by atoms with E-state index < -0.39 is 5.60 Å². The van der Waals surface area contributed by atoms with Crippen LogP contribution in [0.4, 0.5) is 0 Å². The topological polar surface area (TPSA) is 55.1 Å². The minimum absolute atomic E-state index is 0.158. The third-order valence-corrected chi connectivity index (χ3v) is 8.87. The van der Waals surface area contributed by atoms with Crippen molar-refractivity contribution in [2.24, 2.45) is 29.1 Å². The van der Waals surface area contributed by atoms with E-state index in [0.717, 1.165) is 36.8 Å². The summed E-state index contributed by atoms with van der Waals surface area (Å²) >= 11 is 0. The molecular formula is C25H40N2O2. The zero-order valence-electron chi connectivity index (χ0n) is 18.7. The molecule has 162 valence electrons. The Morgan fingerprint density at radius 3 is 2.79 bits per heavy atom. The number of hydrogen-bond donors (Lipinski definition) is 1. The molecule has 0 bridgehead atoms. The normalized spacial score (nSPS) is 40.0. The number of aliphatic hydroxyl groups is 1. The molecule has 29 heavy (non-hydrogen) atoms. The highest BCUT2D eigenvalue weighted by molar-refractivity contribution is 5.82. The first kappa shape index (κ1) is 21.1. The van der Waals surface area contributed by atoms with Crippen LogP contribution in [-0.2, 0) is 11.3 Å². The number of rotatable bonds is 6. The predicted molar refractivity (Wildman–Crippen MR) is 115 cm³/mol. The van der Waals surface area contributed by atoms with Gasteiger partial charge in [0.15, 0.2) is 5.78 Å². The minimum Gasteiger partial charge on any atom is -0.390 e. The van der Waals surface area contributed by atoms with Crippen LogP contribution in [0, 0.1) is 36.0 Å². The van der Waals surface area contributed by atoms with Gasteiger partial charge in [0.1, 0.15) is 6.54 Å². The number of carbonyl (C=O) groups excluding carboxylic acids is 1. The van der Waals surface area contributed by atoms with E-state index in [1.807, 2.05) is 24.6 Å². The quantitative estimate of drug-likeness (QED) is 0.703. The molecule has 0 radical (unpaired) electrons. The zero-order valence-corrected chi connectivity index (χ0v) is 18.7. The lowest BCUT2D eigenvalue weighted by molar-refractivity contribution is -0.127. The van der Waals surface area contributed by atoms with Crippen LogP contribution in [0.5, 0.6) is 0 Å². The van der Waals surface area contributed by atoms with Crippen molar-refractivity contribution in [1.29, 1.82) is 0 Å². The van der Waals surface area contributed by atoms with E-state index in [4.69, 9.17) is 0 Å². The van der Waals surface area contributed by atoms with Crippen molar-refractivity contribution in [3.05, 3.63) is 18.0 Å². The largest absolute Gasteiger partial charge is 0.390 e. The van der Waals surface area contributed by atoms with Gasteiger partial charge in [-0.3, -0.25) is 9.48 Å². The standard InChI is InChI=1S/C25H40N2O2/c1-18-11-15-26-27(18)17-23(28)22-8-5-12-24(22,2)13-9-19-6-4-7-20-16-25(3,29)14-10-21(19)20/h11,15,19-22,29H,4-10,12-14,16-17H2,1-3H3. The molecule has 3 fully saturated rings. The summed E-state index contributed by atoms with van der Waals surface area (Å²) in [5, 5.41) is 14.8. The molecule has 4 rings (SSSR count). The highest BCUT2D eigenvalue weighted by Crippen LogP contribution is 2.52. The maximum Gasteiger partial charge on any atom is 0.157 e. The number of carbonyl (C=O) groups is 1. The Bertz CT molecular complexity index is 724. The Kier molecular flexibility index (Phi) is 5.94. The van der Waals surface area contributed by atoms with E-state index in [1.165, 1.54) is 51.4 Å². The zero-order chi connectivity index (χ0) is 20.6. The van der Waals surface area contributed by atoms with Gasteiger partial charge in [0.2, 0.25) is 0 Å². The van der Waals surface area contributed by atoms with E-state index in [0.29, 0.717) is 18.2 Å². The molecule has 1 heterocycles. The van der Waals surface area contributed by atoms with Gasteiger partial charge in [-0.1, -0.05) is 32.6 Å². The molecule has 3 saturated carbocycles. The predicted octanol–water partition coefficient (Wildman–Crippen LogP) is 5.31. The van der Waals surface area contributed by atoms with Gasteiger partial charge in [0, 0.05) is 17.8 Å². The third-order valence-electron chi connectivity index (χ3n) is 8.87. The van der Waals surface area contributed by atoms with Crippen LogP contribution >= 0.6 is 0 Å². The Morgan fingerprint density at radius 2 is 2.03 bits per heavy atom. The van der Waals surface area contributed by atoms with Gasteiger partial charge in [-0.2, -0.15) is 5.10 Å². The maximum absolute atomic E-state index is 13.1. The summed E-state index contributed by atoms with van der Waals surface area (Å²) in [6.45, 7) is 6.87. The maximum atomic E-state index is 13.1. The molecule has 4 heteroatoms. The van der Waals surface area contributed by atoms with E-state index in [2.05, 4.69) is 12.0 Å². The molecular weight excluding hydrogens is 360 g/mol. The van der Waals surface area contributed by atoms with Crippen LogP contribution in [0.15, 0.2) is 12.3 Å². The van der Waals surface area contributed by atoms with Crippen molar-refractivity contribution in [2.75, 3.05) is 0 Å². The number of hydrogen-bond acceptors (Lipinski definition) is 3. The number of aromatic nitrogens is 2. The Hall–Kier alpha value is -1.16. The highest BCUT2D eigenvalue weighted by atomic mass is 16.3. The molecule has 6 unspecified atom stereocenters. The fourth-order valence-electron chi connectivity index (χ4n) is 7.10. The number of aryl methyl sites for hydroxylation is 1. The average molecular weight is 401 g/mol. The number of nitrogens with zero attached hydrogens (tertiary/aromatic N) is 2. The van der Waals surface area contributed by atoms with E-state index in [-0.39, 0.29) is 11.3 Å². The lowest BCUT2D eigenvalue weighted by Gasteiger charge is -2.47. The molecule has 0 saturated heterocycles. The van der Waals surface area contributed by atoms with Crippen molar-refractivity contribution < 1.29 is 9.90 Å². The smallest absolute Gasteiger partial charge is 0.157 e. The molecule has 1 N–H and O–H groups in total. The van der Waals surface area contributed by atoms with Gasteiger partial charge in [0.05, 0.1) is 5.60 Å². The van der Waals surface area contributed by atoms with Gasteiger partial charge >= 0.3 is 0 Å². The fourth-order valence-corrected chi connectivity index (χ4v) is 7.10. The SMILES string of the molecule is Cc1ccnn1CC(=O)C1CCCC1(C)CCC1CCCC2CC(C)(O)CCC12. The summed E-state index contributed by atoms with van der Waals surface area (Å²) in [6, 6.07) is 1.97. The van der Waals surface area contributed by atoms with Crippen molar-refractivity contribution in [2.45, 2.75) is 104 Å². The van der Waals surface area contributed by atoms with Gasteiger partial charge < -0.3 is 5.11 Å². The van der Waals surface area contributed by atoms with E-state index in [1.54, 1.807) is 6.20 Å². The third kappa shape index (κ3) is 4.47. The van der Waals surface area contributed by atoms with Crippen molar-refractivity contribution in [1.82, 2.24) is 9.78 Å². The second-order valence-corrected chi connectivity index (χ2v) is 11.1. The summed E-state index contributed by atoms with van der Waals surface area (Å²) in [7, 11) is 0. The van der Waals surface area contributed by atoms with Crippen molar-refractivity contribution in [3.63, 3.8) is 0 Å². The Balaban J connectivity index is 1.37. The van der Waals surface area contributed by atoms with E-state index >= 15 is 0 Å². The fraction of sp³-hybridized carbons (Fsp3) is 0.840. The lowest BCUT2D eigenvalue weighted by atomic mass is 9.60. The van der Waals surface area contributed by atoms with Gasteiger partial charge in [0.25, 0.3) is 0 Å². The molecule has 3 aliphatic carbocycles. The van der Waals surface area contributed by atoms with Crippen LogP contribution in [0.25, 0.3) is 0 Å². The van der Waals surface area contributed by atoms with Crippen molar-refractivity contribution >= 4 is 5.78 Å². The van der Waals surface area contributed by atoms with Gasteiger partial charge in [-0.15, -0.1) is 0 Å². The molecule has 3 aliphatic rings.